The van der Waals surface area contributed by atoms with Gasteiger partial charge in [0.2, 0.25) is 17.8 Å². The number of nitrogens with zero attached hydrogens (tertiary/aromatic N) is 3. The molecule has 1 aromatic rings. The molecule has 0 unspecified atom stereocenters. The summed E-state index contributed by atoms with van der Waals surface area (Å²) in [4.78, 5) is 43.7. The van der Waals surface area contributed by atoms with Crippen LogP contribution in [0.3, 0.4) is 0 Å². The lowest BCUT2D eigenvalue weighted by Gasteiger charge is -2.33. The fraction of sp³-hybridized carbons (Fsp3) is 0.565. The summed E-state index contributed by atoms with van der Waals surface area (Å²) in [6, 6.07) is 3.89. The highest BCUT2D eigenvalue weighted by molar-refractivity contribution is 6.06. The number of carbonyl (C=O) groups is 3. The molecule has 2 heterocycles. The van der Waals surface area contributed by atoms with Gasteiger partial charge in [0.15, 0.2) is 0 Å². The molecular formula is C23H30N4O5. The van der Waals surface area contributed by atoms with Gasteiger partial charge in [-0.15, -0.1) is 0 Å². The first kappa shape index (κ1) is 22.1. The molecule has 2 aliphatic heterocycles. The second-order valence-corrected chi connectivity index (χ2v) is 8.71. The van der Waals surface area contributed by atoms with E-state index in [4.69, 9.17) is 4.74 Å². The predicted octanol–water partition coefficient (Wildman–Crippen LogP) is 2.33. The average Bonchev–Trinajstić information content (AvgIpc) is 3.14. The number of aliphatic carboxylic acids is 1. The van der Waals surface area contributed by atoms with Gasteiger partial charge in [0.25, 0.3) is 0 Å². The van der Waals surface area contributed by atoms with E-state index in [2.05, 4.69) is 10.3 Å². The molecule has 1 aromatic carbocycles. The summed E-state index contributed by atoms with van der Waals surface area (Å²) < 4.78 is 6.08. The standard InChI is InChI=1S/C23H30N4O5/c1-15-9-10-18-17(12-26-13-19(28)25-23(26)24-18)22(15)32-11-5-8-20(29)27(14-21(30)31)16-6-3-2-4-7-16/h9-10,16H,2-8,11-14H2,1H3,(H,30,31)(H,24,25,28). The minimum absolute atomic E-state index is 0.0282. The van der Waals surface area contributed by atoms with Gasteiger partial charge in [-0.1, -0.05) is 25.3 Å². The molecule has 1 saturated heterocycles. The van der Waals surface area contributed by atoms with Crippen molar-refractivity contribution in [2.75, 3.05) is 19.7 Å². The van der Waals surface area contributed by atoms with Gasteiger partial charge in [0, 0.05) is 18.0 Å². The quantitative estimate of drug-likeness (QED) is 0.598. The minimum Gasteiger partial charge on any atom is -0.493 e. The average molecular weight is 443 g/mol. The Morgan fingerprint density at radius 1 is 1.25 bits per heavy atom. The van der Waals surface area contributed by atoms with Crippen molar-refractivity contribution in [2.24, 2.45) is 4.99 Å². The van der Waals surface area contributed by atoms with Crippen LogP contribution < -0.4 is 10.1 Å². The first-order valence-electron chi connectivity index (χ1n) is 11.3. The molecule has 0 bridgehead atoms. The van der Waals surface area contributed by atoms with Gasteiger partial charge in [-0.25, -0.2) is 4.99 Å². The van der Waals surface area contributed by atoms with Crippen LogP contribution in [0.2, 0.25) is 0 Å². The van der Waals surface area contributed by atoms with Gasteiger partial charge >= 0.3 is 5.97 Å². The van der Waals surface area contributed by atoms with Gasteiger partial charge in [-0.05, 0) is 37.8 Å². The van der Waals surface area contributed by atoms with Crippen molar-refractivity contribution < 1.29 is 24.2 Å². The summed E-state index contributed by atoms with van der Waals surface area (Å²) in [5, 5.41) is 12.0. The summed E-state index contributed by atoms with van der Waals surface area (Å²) >= 11 is 0. The molecule has 9 nitrogen and oxygen atoms in total. The number of hydrogen-bond donors (Lipinski definition) is 2. The van der Waals surface area contributed by atoms with E-state index in [1.165, 1.54) is 0 Å². The maximum Gasteiger partial charge on any atom is 0.323 e. The number of rotatable bonds is 8. The van der Waals surface area contributed by atoms with Gasteiger partial charge in [0.1, 0.15) is 18.8 Å². The summed E-state index contributed by atoms with van der Waals surface area (Å²) in [5.41, 5.74) is 2.69. The number of amides is 2. The molecule has 2 amide bonds. The van der Waals surface area contributed by atoms with Crippen LogP contribution in [0.15, 0.2) is 17.1 Å². The number of carboxylic acid groups (broad SMARTS) is 1. The van der Waals surface area contributed by atoms with Crippen LogP contribution in [0.5, 0.6) is 5.75 Å². The number of carbonyl (C=O) groups excluding carboxylic acids is 2. The SMILES string of the molecule is Cc1ccc2c(c1OCCCC(=O)N(CC(=O)O)C1CCCCC1)CN1CC(=O)NC1=N2. The molecule has 172 valence electrons. The van der Waals surface area contributed by atoms with Crippen molar-refractivity contribution in [3.05, 3.63) is 23.3 Å². The summed E-state index contributed by atoms with van der Waals surface area (Å²) in [5.74, 6) is 0.154. The second-order valence-electron chi connectivity index (χ2n) is 8.71. The number of aryl methyl sites for hydroxylation is 1. The predicted molar refractivity (Wildman–Crippen MR) is 118 cm³/mol. The molecule has 2 N–H and O–H groups in total. The van der Waals surface area contributed by atoms with Gasteiger partial charge in [-0.3, -0.25) is 19.7 Å². The van der Waals surface area contributed by atoms with Gasteiger partial charge < -0.3 is 19.6 Å². The number of carboxylic acids is 1. The smallest absolute Gasteiger partial charge is 0.323 e. The highest BCUT2D eigenvalue weighted by atomic mass is 16.5. The lowest BCUT2D eigenvalue weighted by Crippen LogP contribution is -2.44. The van der Waals surface area contributed by atoms with E-state index in [-0.39, 0.29) is 37.4 Å². The van der Waals surface area contributed by atoms with E-state index >= 15 is 0 Å². The number of fused-ring (bicyclic) bond motifs is 2. The van der Waals surface area contributed by atoms with Crippen LogP contribution in [0.4, 0.5) is 5.69 Å². The normalized spacial score (nSPS) is 17.8. The third-order valence-electron chi connectivity index (χ3n) is 6.32. The molecule has 9 heteroatoms. The van der Waals surface area contributed by atoms with E-state index < -0.39 is 5.97 Å². The summed E-state index contributed by atoms with van der Waals surface area (Å²) in [6.45, 7) is 2.89. The van der Waals surface area contributed by atoms with Crippen LogP contribution in [-0.4, -0.2) is 64.4 Å². The Bertz CT molecular complexity index is 939. The molecule has 3 aliphatic rings. The Labute approximate surface area is 187 Å². The molecule has 0 spiro atoms. The third kappa shape index (κ3) is 4.87. The molecule has 0 aromatic heterocycles. The Hall–Kier alpha value is -3.10. The summed E-state index contributed by atoms with van der Waals surface area (Å²) in [7, 11) is 0. The maximum atomic E-state index is 12.8. The number of ether oxygens (including phenoxy) is 1. The Balaban J connectivity index is 1.36. The van der Waals surface area contributed by atoms with Crippen LogP contribution in [0.25, 0.3) is 0 Å². The van der Waals surface area contributed by atoms with Crippen molar-refractivity contribution in [1.82, 2.24) is 15.1 Å². The van der Waals surface area contributed by atoms with Crippen molar-refractivity contribution in [3.8, 4) is 5.75 Å². The van der Waals surface area contributed by atoms with Crippen molar-refractivity contribution in [2.45, 2.75) is 64.5 Å². The molecule has 1 aliphatic carbocycles. The monoisotopic (exact) mass is 442 g/mol. The number of aliphatic imine (C=N–C) groups is 1. The zero-order chi connectivity index (χ0) is 22.7. The minimum atomic E-state index is -0.971. The molecule has 0 radical (unpaired) electrons. The molecule has 2 fully saturated rings. The molecule has 1 saturated carbocycles. The zero-order valence-electron chi connectivity index (χ0n) is 18.4. The molecular weight excluding hydrogens is 412 g/mol. The van der Waals surface area contributed by atoms with E-state index in [1.54, 1.807) is 4.90 Å². The summed E-state index contributed by atoms with van der Waals surface area (Å²) in [6.07, 6.45) is 5.74. The van der Waals surface area contributed by atoms with E-state index in [0.717, 1.165) is 54.7 Å². The first-order valence-corrected chi connectivity index (χ1v) is 11.3. The first-order chi connectivity index (χ1) is 15.4. The van der Waals surface area contributed by atoms with Crippen LogP contribution >= 0.6 is 0 Å². The fourth-order valence-electron chi connectivity index (χ4n) is 4.72. The topological polar surface area (TPSA) is 112 Å². The molecule has 32 heavy (non-hydrogen) atoms. The van der Waals surface area contributed by atoms with Crippen molar-refractivity contribution >= 4 is 29.4 Å². The molecule has 0 atom stereocenters. The Kier molecular flexibility index (Phi) is 6.62. The van der Waals surface area contributed by atoms with Gasteiger partial charge in [0.05, 0.1) is 18.8 Å². The van der Waals surface area contributed by atoms with Crippen molar-refractivity contribution in [1.29, 1.82) is 0 Å². The lowest BCUT2D eigenvalue weighted by atomic mass is 9.94. The highest BCUT2D eigenvalue weighted by Gasteiger charge is 2.31. The van der Waals surface area contributed by atoms with Crippen molar-refractivity contribution in [3.63, 3.8) is 0 Å². The Morgan fingerprint density at radius 2 is 2.03 bits per heavy atom. The fourth-order valence-corrected chi connectivity index (χ4v) is 4.72. The van der Waals surface area contributed by atoms with Gasteiger partial charge in [-0.2, -0.15) is 0 Å². The van der Waals surface area contributed by atoms with Crippen LogP contribution in [0.1, 0.15) is 56.1 Å². The molecule has 4 rings (SSSR count). The van der Waals surface area contributed by atoms with E-state index in [0.29, 0.717) is 25.5 Å². The Morgan fingerprint density at radius 3 is 2.78 bits per heavy atom. The van der Waals surface area contributed by atoms with E-state index in [9.17, 15) is 19.5 Å². The number of benzene rings is 1. The van der Waals surface area contributed by atoms with E-state index in [1.807, 2.05) is 24.0 Å². The highest BCUT2D eigenvalue weighted by Crippen LogP contribution is 2.36. The number of hydrogen-bond acceptors (Lipinski definition) is 6. The number of guanidine groups is 1. The van der Waals surface area contributed by atoms with Crippen LogP contribution in [-0.2, 0) is 20.9 Å². The zero-order valence-corrected chi connectivity index (χ0v) is 18.4. The largest absolute Gasteiger partial charge is 0.493 e. The second kappa shape index (κ2) is 9.58. The maximum absolute atomic E-state index is 12.8. The third-order valence-corrected chi connectivity index (χ3v) is 6.32. The number of nitrogens with one attached hydrogen (secondary N) is 1. The van der Waals surface area contributed by atoms with Crippen LogP contribution in [0, 0.1) is 6.92 Å². The lowest BCUT2D eigenvalue weighted by molar-refractivity contribution is -0.146.